The van der Waals surface area contributed by atoms with Gasteiger partial charge < -0.3 is 15.4 Å². The number of hydrogen-bond acceptors (Lipinski definition) is 3. The summed E-state index contributed by atoms with van der Waals surface area (Å²) in [5, 5.41) is 0. The number of piperidine rings is 1. The van der Waals surface area contributed by atoms with Crippen molar-refractivity contribution in [2.75, 3.05) is 13.1 Å². The fourth-order valence-corrected chi connectivity index (χ4v) is 2.93. The molecule has 1 saturated heterocycles. The molecule has 1 heterocycles. The first kappa shape index (κ1) is 21.6. The Morgan fingerprint density at radius 1 is 1.36 bits per heavy atom. The number of carbonyl (C=O) groups is 1. The molecule has 0 radical (unpaired) electrons. The number of halogens is 4. The molecule has 0 spiro atoms. The fourth-order valence-electron chi connectivity index (χ4n) is 2.93. The van der Waals surface area contributed by atoms with Gasteiger partial charge in [0.2, 0.25) is 5.91 Å². The smallest absolute Gasteiger partial charge is 0.406 e. The Hall–Kier alpha value is -1.47. The second-order valence-electron chi connectivity index (χ2n) is 6.29. The van der Waals surface area contributed by atoms with Gasteiger partial charge in [0.25, 0.3) is 0 Å². The molecule has 8 heteroatoms. The van der Waals surface area contributed by atoms with Crippen molar-refractivity contribution in [1.82, 2.24) is 4.90 Å². The highest BCUT2D eigenvalue weighted by atomic mass is 35.5. The van der Waals surface area contributed by atoms with Crippen LogP contribution in [0.15, 0.2) is 24.3 Å². The van der Waals surface area contributed by atoms with Crippen molar-refractivity contribution in [2.24, 2.45) is 11.7 Å². The second-order valence-corrected chi connectivity index (χ2v) is 6.29. The van der Waals surface area contributed by atoms with E-state index in [9.17, 15) is 18.0 Å². The molecule has 1 aromatic carbocycles. The van der Waals surface area contributed by atoms with Crippen molar-refractivity contribution < 1.29 is 22.7 Å². The molecule has 1 amide bonds. The van der Waals surface area contributed by atoms with Crippen LogP contribution < -0.4 is 10.5 Å². The van der Waals surface area contributed by atoms with E-state index in [0.717, 1.165) is 24.9 Å². The van der Waals surface area contributed by atoms with E-state index in [-0.39, 0.29) is 30.1 Å². The summed E-state index contributed by atoms with van der Waals surface area (Å²) in [5.74, 6) is 0.144. The highest BCUT2D eigenvalue weighted by Gasteiger charge is 2.31. The zero-order valence-electron chi connectivity index (χ0n) is 14.1. The molecule has 2 rings (SSSR count). The molecule has 4 nitrogen and oxygen atoms in total. The van der Waals surface area contributed by atoms with Crippen LogP contribution in [0.1, 0.15) is 31.7 Å². The van der Waals surface area contributed by atoms with Crippen LogP contribution in [0.2, 0.25) is 0 Å². The van der Waals surface area contributed by atoms with Crippen molar-refractivity contribution >= 4 is 18.3 Å². The number of nitrogens with two attached hydrogens (primary N) is 1. The molecule has 1 fully saturated rings. The van der Waals surface area contributed by atoms with Crippen molar-refractivity contribution in [3.63, 3.8) is 0 Å². The topological polar surface area (TPSA) is 55.6 Å². The van der Waals surface area contributed by atoms with E-state index in [4.69, 9.17) is 5.73 Å². The number of rotatable bonds is 5. The predicted molar refractivity (Wildman–Crippen MR) is 91.6 cm³/mol. The summed E-state index contributed by atoms with van der Waals surface area (Å²) in [4.78, 5) is 14.2. The molecule has 2 atom stereocenters. The Bertz CT molecular complexity index is 550. The number of hydrogen-bond donors (Lipinski definition) is 1. The number of aryl methyl sites for hydroxylation is 1. The molecular formula is C17H24ClF3N2O2. The van der Waals surface area contributed by atoms with Gasteiger partial charge in [0.05, 0.1) is 0 Å². The van der Waals surface area contributed by atoms with Gasteiger partial charge in [-0.25, -0.2) is 0 Å². The lowest BCUT2D eigenvalue weighted by Gasteiger charge is -2.34. The maximum atomic E-state index is 12.3. The van der Waals surface area contributed by atoms with E-state index in [1.165, 1.54) is 12.1 Å². The lowest BCUT2D eigenvalue weighted by Crippen LogP contribution is -2.45. The van der Waals surface area contributed by atoms with E-state index in [0.29, 0.717) is 25.3 Å². The zero-order chi connectivity index (χ0) is 17.7. The van der Waals surface area contributed by atoms with Crippen molar-refractivity contribution in [3.05, 3.63) is 29.8 Å². The van der Waals surface area contributed by atoms with Crippen LogP contribution in [-0.4, -0.2) is 36.3 Å². The fraction of sp³-hybridized carbons (Fsp3) is 0.588. The Morgan fingerprint density at radius 2 is 2.00 bits per heavy atom. The minimum absolute atomic E-state index is 0. The average molecular weight is 381 g/mol. The largest absolute Gasteiger partial charge is 0.573 e. The first-order chi connectivity index (χ1) is 11.2. The number of ether oxygens (including phenoxy) is 1. The molecule has 0 saturated carbocycles. The minimum Gasteiger partial charge on any atom is -0.406 e. The highest BCUT2D eigenvalue weighted by Crippen LogP contribution is 2.23. The summed E-state index contributed by atoms with van der Waals surface area (Å²) < 4.78 is 40.2. The number of likely N-dealkylation sites (tertiary alicyclic amines) is 1. The molecule has 0 aromatic heterocycles. The summed E-state index contributed by atoms with van der Waals surface area (Å²) in [6.07, 6.45) is -1.86. The predicted octanol–water partition coefficient (Wildman–Crippen LogP) is 3.53. The van der Waals surface area contributed by atoms with Crippen LogP contribution in [0.4, 0.5) is 13.2 Å². The van der Waals surface area contributed by atoms with Crippen LogP contribution in [0.3, 0.4) is 0 Å². The van der Waals surface area contributed by atoms with Crippen LogP contribution in [0.25, 0.3) is 0 Å². The first-order valence-corrected chi connectivity index (χ1v) is 8.12. The van der Waals surface area contributed by atoms with Gasteiger partial charge in [-0.05, 0) is 49.8 Å². The lowest BCUT2D eigenvalue weighted by atomic mass is 9.92. The third kappa shape index (κ3) is 7.12. The maximum Gasteiger partial charge on any atom is 0.573 e. The van der Waals surface area contributed by atoms with Gasteiger partial charge in [0, 0.05) is 25.6 Å². The van der Waals surface area contributed by atoms with Crippen molar-refractivity contribution in [2.45, 2.75) is 45.0 Å². The Kier molecular flexibility index (Phi) is 8.02. The van der Waals surface area contributed by atoms with Gasteiger partial charge in [0.15, 0.2) is 0 Å². The van der Waals surface area contributed by atoms with Gasteiger partial charge >= 0.3 is 6.36 Å². The standard InChI is InChI=1S/C17H23F3N2O2.ClH/c1-12(21)14-3-2-10-22(11-14)16(23)9-6-13-4-7-15(8-5-13)24-17(18,19)20;/h4-5,7-8,12,14H,2-3,6,9-11,21H2,1H3;1H. The quantitative estimate of drug-likeness (QED) is 0.850. The molecule has 142 valence electrons. The lowest BCUT2D eigenvalue weighted by molar-refractivity contribution is -0.274. The number of benzene rings is 1. The van der Waals surface area contributed by atoms with E-state index >= 15 is 0 Å². The van der Waals surface area contributed by atoms with Crippen molar-refractivity contribution in [1.29, 1.82) is 0 Å². The summed E-state index contributed by atoms with van der Waals surface area (Å²) in [6, 6.07) is 5.70. The molecule has 1 aromatic rings. The maximum absolute atomic E-state index is 12.3. The monoisotopic (exact) mass is 380 g/mol. The molecule has 2 unspecified atom stereocenters. The zero-order valence-corrected chi connectivity index (χ0v) is 14.9. The molecule has 25 heavy (non-hydrogen) atoms. The summed E-state index contributed by atoms with van der Waals surface area (Å²) in [7, 11) is 0. The molecule has 2 N–H and O–H groups in total. The Balaban J connectivity index is 0.00000312. The molecule has 1 aliphatic rings. The molecule has 0 aliphatic carbocycles. The van der Waals surface area contributed by atoms with E-state index in [2.05, 4.69) is 4.74 Å². The van der Waals surface area contributed by atoms with E-state index in [1.807, 2.05) is 11.8 Å². The molecular weight excluding hydrogens is 357 g/mol. The summed E-state index contributed by atoms with van der Waals surface area (Å²) in [5.41, 5.74) is 6.73. The minimum atomic E-state index is -4.69. The van der Waals surface area contributed by atoms with Gasteiger partial charge in [-0.1, -0.05) is 12.1 Å². The summed E-state index contributed by atoms with van der Waals surface area (Å²) >= 11 is 0. The van der Waals surface area contributed by atoms with Gasteiger partial charge in [-0.3, -0.25) is 4.79 Å². The Labute approximate surface area is 151 Å². The third-order valence-electron chi connectivity index (χ3n) is 4.34. The number of alkyl halides is 3. The normalized spacial score (nSPS) is 19.1. The summed E-state index contributed by atoms with van der Waals surface area (Å²) in [6.45, 7) is 3.40. The average Bonchev–Trinajstić information content (AvgIpc) is 2.52. The van der Waals surface area contributed by atoms with Crippen LogP contribution in [-0.2, 0) is 11.2 Å². The van der Waals surface area contributed by atoms with Gasteiger partial charge in [0.1, 0.15) is 5.75 Å². The first-order valence-electron chi connectivity index (χ1n) is 8.12. The van der Waals surface area contributed by atoms with E-state index < -0.39 is 6.36 Å². The molecule has 0 bridgehead atoms. The highest BCUT2D eigenvalue weighted by molar-refractivity contribution is 5.85. The molecule has 1 aliphatic heterocycles. The van der Waals surface area contributed by atoms with E-state index in [1.54, 1.807) is 12.1 Å². The number of nitrogens with zero attached hydrogens (tertiary/aromatic N) is 1. The SMILES string of the molecule is CC(N)C1CCCN(C(=O)CCc2ccc(OC(F)(F)F)cc2)C1.Cl. The Morgan fingerprint density at radius 3 is 2.56 bits per heavy atom. The number of amides is 1. The third-order valence-corrected chi connectivity index (χ3v) is 4.34. The van der Waals surface area contributed by atoms with Crippen LogP contribution in [0, 0.1) is 5.92 Å². The number of carbonyl (C=O) groups excluding carboxylic acids is 1. The van der Waals surface area contributed by atoms with Gasteiger partial charge in [-0.2, -0.15) is 0 Å². The van der Waals surface area contributed by atoms with Gasteiger partial charge in [-0.15, -0.1) is 25.6 Å². The van der Waals surface area contributed by atoms with Crippen LogP contribution >= 0.6 is 12.4 Å². The van der Waals surface area contributed by atoms with Crippen molar-refractivity contribution in [3.8, 4) is 5.75 Å². The second kappa shape index (κ2) is 9.29. The van der Waals surface area contributed by atoms with Crippen LogP contribution in [0.5, 0.6) is 5.75 Å².